The summed E-state index contributed by atoms with van der Waals surface area (Å²) >= 11 is 0. The van der Waals surface area contributed by atoms with Crippen LogP contribution < -0.4 is 5.32 Å². The van der Waals surface area contributed by atoms with E-state index in [1.165, 1.54) is 17.0 Å². The van der Waals surface area contributed by atoms with Gasteiger partial charge in [0.15, 0.2) is 5.60 Å². The third kappa shape index (κ3) is 3.62. The molecule has 0 saturated carbocycles. The van der Waals surface area contributed by atoms with Gasteiger partial charge in [0.05, 0.1) is 0 Å². The van der Waals surface area contributed by atoms with Crippen LogP contribution in [0.15, 0.2) is 24.3 Å². The Balaban J connectivity index is 1.84. The summed E-state index contributed by atoms with van der Waals surface area (Å²) in [6.45, 7) is -0.103. The number of hydrogen-bond acceptors (Lipinski definition) is 3. The normalized spacial score (nSPS) is 18.1. The molecule has 0 spiro atoms. The first-order chi connectivity index (χ1) is 10.2. The minimum atomic E-state index is -4.68. The van der Waals surface area contributed by atoms with Crippen LogP contribution in [0.25, 0.3) is 0 Å². The van der Waals surface area contributed by atoms with E-state index in [-0.39, 0.29) is 25.4 Å². The van der Waals surface area contributed by atoms with E-state index in [0.717, 1.165) is 5.56 Å². The van der Waals surface area contributed by atoms with Crippen molar-refractivity contribution in [3.05, 3.63) is 29.8 Å². The van der Waals surface area contributed by atoms with E-state index in [1.54, 1.807) is 12.1 Å². The molecule has 0 bridgehead atoms. The van der Waals surface area contributed by atoms with Gasteiger partial charge in [-0.25, -0.2) is 4.79 Å². The number of urea groups is 1. The van der Waals surface area contributed by atoms with E-state index in [0.29, 0.717) is 0 Å². The maximum absolute atomic E-state index is 12.7. The quantitative estimate of drug-likeness (QED) is 0.781. The van der Waals surface area contributed by atoms with Crippen LogP contribution >= 0.6 is 0 Å². The minimum Gasteiger partial charge on any atom is -0.508 e. The second kappa shape index (κ2) is 6.04. The summed E-state index contributed by atoms with van der Waals surface area (Å²) in [4.78, 5) is 13.2. The summed E-state index contributed by atoms with van der Waals surface area (Å²) < 4.78 is 38.0. The van der Waals surface area contributed by atoms with E-state index in [4.69, 9.17) is 5.11 Å². The first-order valence-corrected chi connectivity index (χ1v) is 6.81. The molecule has 1 heterocycles. The molecule has 0 unspecified atom stereocenters. The second-order valence-electron chi connectivity index (χ2n) is 5.34. The molecule has 8 heteroatoms. The molecule has 1 aliphatic rings. The highest BCUT2D eigenvalue weighted by atomic mass is 19.4. The first kappa shape index (κ1) is 16.4. The molecule has 3 N–H and O–H groups in total. The van der Waals surface area contributed by atoms with Crippen molar-refractivity contribution in [3.63, 3.8) is 0 Å². The summed E-state index contributed by atoms with van der Waals surface area (Å²) in [6.07, 6.45) is -5.73. The average molecular weight is 318 g/mol. The molecule has 0 aliphatic carbocycles. The van der Waals surface area contributed by atoms with Gasteiger partial charge in [0.25, 0.3) is 0 Å². The summed E-state index contributed by atoms with van der Waals surface area (Å²) in [5.41, 5.74) is -1.95. The Morgan fingerprint density at radius 3 is 2.27 bits per heavy atom. The molecule has 1 aliphatic heterocycles. The van der Waals surface area contributed by atoms with E-state index < -0.39 is 30.7 Å². The van der Waals surface area contributed by atoms with Gasteiger partial charge >= 0.3 is 12.2 Å². The molecule has 0 atom stereocenters. The minimum absolute atomic E-state index is 0.109. The molecule has 2 rings (SSSR count). The lowest BCUT2D eigenvalue weighted by molar-refractivity contribution is -0.271. The highest BCUT2D eigenvalue weighted by molar-refractivity contribution is 5.74. The number of alkyl halides is 3. The number of aromatic hydroxyl groups is 1. The predicted octanol–water partition coefficient (Wildman–Crippen LogP) is 1.99. The van der Waals surface area contributed by atoms with Crippen LogP contribution in [0.2, 0.25) is 0 Å². The van der Waals surface area contributed by atoms with Gasteiger partial charge in [-0.2, -0.15) is 13.2 Å². The van der Waals surface area contributed by atoms with Crippen molar-refractivity contribution in [2.45, 2.75) is 31.2 Å². The van der Waals surface area contributed by atoms with Gasteiger partial charge in [-0.15, -0.1) is 0 Å². The van der Waals surface area contributed by atoms with Crippen LogP contribution in [-0.4, -0.2) is 46.0 Å². The van der Waals surface area contributed by atoms with E-state index in [1.807, 2.05) is 0 Å². The van der Waals surface area contributed by atoms with Crippen LogP contribution in [0.1, 0.15) is 18.4 Å². The smallest absolute Gasteiger partial charge is 0.417 e. The Hall–Kier alpha value is -1.96. The molecule has 0 aromatic heterocycles. The molecule has 1 saturated heterocycles. The average Bonchev–Trinajstić information content (AvgIpc) is 2.46. The predicted molar refractivity (Wildman–Crippen MR) is 72.2 cm³/mol. The largest absolute Gasteiger partial charge is 0.508 e. The topological polar surface area (TPSA) is 72.8 Å². The maximum Gasteiger partial charge on any atom is 0.417 e. The van der Waals surface area contributed by atoms with Crippen molar-refractivity contribution >= 4 is 6.03 Å². The lowest BCUT2D eigenvalue weighted by Crippen LogP contribution is -2.55. The number of likely N-dealkylation sites (tertiary alicyclic amines) is 1. The number of carbonyl (C=O) groups excluding carboxylic acids is 1. The molecule has 2 amide bonds. The molecule has 5 nitrogen and oxygen atoms in total. The lowest BCUT2D eigenvalue weighted by atomic mass is 9.91. The first-order valence-electron chi connectivity index (χ1n) is 6.81. The standard InChI is InChI=1S/C14H17F3N2O3/c15-14(16,17)13(22)5-7-19(8-6-13)12(21)18-9-10-1-3-11(20)4-2-10/h1-4,20,22H,5-9H2,(H,18,21). The number of phenolic OH excluding ortho intramolecular Hbond substituents is 1. The zero-order valence-corrected chi connectivity index (χ0v) is 11.7. The third-order valence-electron chi connectivity index (χ3n) is 3.79. The van der Waals surface area contributed by atoms with Crippen molar-refractivity contribution < 1.29 is 28.2 Å². The fourth-order valence-corrected chi connectivity index (χ4v) is 2.27. The van der Waals surface area contributed by atoms with Crippen molar-refractivity contribution in [2.24, 2.45) is 0 Å². The summed E-state index contributed by atoms with van der Waals surface area (Å²) in [5, 5.41) is 21.3. The lowest BCUT2D eigenvalue weighted by Gasteiger charge is -2.39. The van der Waals surface area contributed by atoms with Crippen molar-refractivity contribution in [1.29, 1.82) is 0 Å². The van der Waals surface area contributed by atoms with Crippen LogP contribution in [-0.2, 0) is 6.54 Å². The molecular formula is C14H17F3N2O3. The van der Waals surface area contributed by atoms with Crippen LogP contribution in [0, 0.1) is 0 Å². The van der Waals surface area contributed by atoms with Crippen LogP contribution in [0.4, 0.5) is 18.0 Å². The van der Waals surface area contributed by atoms with E-state index in [2.05, 4.69) is 5.32 Å². The highest BCUT2D eigenvalue weighted by Crippen LogP contribution is 2.38. The van der Waals surface area contributed by atoms with Crippen molar-refractivity contribution in [2.75, 3.05) is 13.1 Å². The number of halogens is 3. The molecule has 1 fully saturated rings. The number of piperidine rings is 1. The Morgan fingerprint density at radius 1 is 1.23 bits per heavy atom. The number of carbonyl (C=O) groups is 1. The third-order valence-corrected chi connectivity index (χ3v) is 3.79. The Morgan fingerprint density at radius 2 is 1.77 bits per heavy atom. The maximum atomic E-state index is 12.7. The fourth-order valence-electron chi connectivity index (χ4n) is 2.27. The number of benzene rings is 1. The summed E-state index contributed by atoms with van der Waals surface area (Å²) in [6, 6.07) is 5.75. The number of hydrogen-bond donors (Lipinski definition) is 3. The van der Waals surface area contributed by atoms with E-state index >= 15 is 0 Å². The molecule has 22 heavy (non-hydrogen) atoms. The van der Waals surface area contributed by atoms with Crippen molar-refractivity contribution in [3.8, 4) is 5.75 Å². The zero-order chi connectivity index (χ0) is 16.4. The second-order valence-corrected chi connectivity index (χ2v) is 5.34. The van der Waals surface area contributed by atoms with Gasteiger partial charge < -0.3 is 20.4 Å². The van der Waals surface area contributed by atoms with Crippen LogP contribution in [0.5, 0.6) is 5.75 Å². The number of nitrogens with one attached hydrogen (secondary N) is 1. The van der Waals surface area contributed by atoms with E-state index in [9.17, 15) is 23.1 Å². The Labute approximate surface area is 125 Å². The molecule has 1 aromatic rings. The molecule has 122 valence electrons. The Bertz CT molecular complexity index is 523. The SMILES string of the molecule is O=C(NCc1ccc(O)cc1)N1CCC(O)(C(F)(F)F)CC1. The van der Waals surface area contributed by atoms with Gasteiger partial charge in [-0.05, 0) is 17.7 Å². The zero-order valence-electron chi connectivity index (χ0n) is 11.7. The molecular weight excluding hydrogens is 301 g/mol. The summed E-state index contributed by atoms with van der Waals surface area (Å²) in [5.74, 6) is 0.109. The number of amides is 2. The summed E-state index contributed by atoms with van der Waals surface area (Å²) in [7, 11) is 0. The molecule has 1 aromatic carbocycles. The van der Waals surface area contributed by atoms with Gasteiger partial charge in [-0.3, -0.25) is 0 Å². The fraction of sp³-hybridized carbons (Fsp3) is 0.500. The Kier molecular flexibility index (Phi) is 4.50. The number of aliphatic hydroxyl groups is 1. The van der Waals surface area contributed by atoms with Gasteiger partial charge in [0.1, 0.15) is 5.75 Å². The van der Waals surface area contributed by atoms with Crippen molar-refractivity contribution in [1.82, 2.24) is 10.2 Å². The monoisotopic (exact) mass is 318 g/mol. The highest BCUT2D eigenvalue weighted by Gasteiger charge is 2.54. The molecule has 0 radical (unpaired) electrons. The number of phenols is 1. The number of rotatable bonds is 2. The number of nitrogens with zero attached hydrogens (tertiary/aromatic N) is 1. The van der Waals surface area contributed by atoms with Gasteiger partial charge in [-0.1, -0.05) is 12.1 Å². The van der Waals surface area contributed by atoms with Crippen LogP contribution in [0.3, 0.4) is 0 Å². The van der Waals surface area contributed by atoms with Gasteiger partial charge in [0.2, 0.25) is 0 Å². The van der Waals surface area contributed by atoms with Gasteiger partial charge in [0, 0.05) is 32.5 Å².